The normalized spacial score (nSPS) is 16.9. The molecule has 11 unspecified atom stereocenters. The lowest BCUT2D eigenvalue weighted by molar-refractivity contribution is -0.144. The highest BCUT2D eigenvalue weighted by atomic mass is 32.2. The molecular weight excluding hydrogens is 1080 g/mol. The van der Waals surface area contributed by atoms with Crippen molar-refractivity contribution in [3.8, 4) is 0 Å². The molecule has 11 atom stereocenters. The van der Waals surface area contributed by atoms with Gasteiger partial charge in [-0.05, 0) is 132 Å². The number of aliphatic hydroxyl groups excluding tert-OH is 1. The third-order valence-electron chi connectivity index (χ3n) is 14.0. The lowest BCUT2D eigenvalue weighted by atomic mass is 9.96. The van der Waals surface area contributed by atoms with E-state index in [1.807, 2.05) is 40.9 Å². The van der Waals surface area contributed by atoms with Gasteiger partial charge < -0.3 is 86.3 Å². The van der Waals surface area contributed by atoms with Crippen molar-refractivity contribution in [1.82, 2.24) is 47.4 Å². The average molecular weight is 1180 g/mol. The van der Waals surface area contributed by atoms with Crippen LogP contribution >= 0.6 is 11.8 Å². The summed E-state index contributed by atoms with van der Waals surface area (Å²) in [6.07, 6.45) is 5.88. The number of nitrogens with one attached hydrogen (secondary N) is 8. The summed E-state index contributed by atoms with van der Waals surface area (Å²) in [4.78, 5) is 143. The van der Waals surface area contributed by atoms with Gasteiger partial charge in [-0.25, -0.2) is 4.79 Å². The van der Waals surface area contributed by atoms with Crippen molar-refractivity contribution in [2.75, 3.05) is 44.8 Å². The third-order valence-corrected chi connectivity index (χ3v) is 14.7. The summed E-state index contributed by atoms with van der Waals surface area (Å²) in [5, 5.41) is 41.2. The number of carbonyl (C=O) groups is 10. The molecule has 20 N–H and O–H groups in total. The van der Waals surface area contributed by atoms with Crippen LogP contribution in [-0.2, 0) is 47.9 Å². The molecule has 0 aromatic carbocycles. The standard InChI is InChI=1S/C54H101N15O12S/c1-10-33(8)43(68-44(71)34(57)17-15-24-60-54(58)59)51(78)65-39(28-31(4)5)48(75)64-38(27-30(2)3)47(74)62-35(18-11-13-22-55)45(72)61-36(19-12-14-23-56)46(73)63-37(21-26-82-9)52(79)69-25-16-20-41(69)50(77)66-40(29-70)49(76)67-42(32(6)7)53(80)81/h30-43,70H,10-29,55-57H2,1-9H3,(H,61,72)(H,62,74)(H,63,73)(H,64,75)(H,65,78)(H,66,77)(H,67,76)(H,68,71)(H,80,81)(H4,58,59,60). The number of rotatable bonds is 41. The van der Waals surface area contributed by atoms with E-state index in [2.05, 4.69) is 47.5 Å². The van der Waals surface area contributed by atoms with Crippen LogP contribution in [0.3, 0.4) is 0 Å². The predicted molar refractivity (Wildman–Crippen MR) is 315 cm³/mol. The minimum absolute atomic E-state index is 0.0879. The van der Waals surface area contributed by atoms with Gasteiger partial charge in [-0.15, -0.1) is 0 Å². The molecule has 0 aliphatic carbocycles. The molecule has 0 bridgehead atoms. The summed E-state index contributed by atoms with van der Waals surface area (Å²) in [5.74, 6) is -8.42. The number of carboxylic acids is 1. The number of hydrogen-bond donors (Lipinski definition) is 15. The molecule has 0 aromatic rings. The van der Waals surface area contributed by atoms with Crippen LogP contribution in [0, 0.1) is 23.7 Å². The second-order valence-electron chi connectivity index (χ2n) is 22.3. The monoisotopic (exact) mass is 1180 g/mol. The first-order valence-electron chi connectivity index (χ1n) is 28.9. The Bertz CT molecular complexity index is 2080. The van der Waals surface area contributed by atoms with Gasteiger partial charge in [-0.3, -0.25) is 48.1 Å². The van der Waals surface area contributed by atoms with Crippen LogP contribution in [0.5, 0.6) is 0 Å². The summed E-state index contributed by atoms with van der Waals surface area (Å²) in [7, 11) is 0. The number of unbranched alkanes of at least 4 members (excludes halogenated alkanes) is 2. The van der Waals surface area contributed by atoms with Crippen molar-refractivity contribution in [2.24, 2.45) is 57.3 Å². The molecule has 1 aliphatic rings. The topological polar surface area (TPSA) is 453 Å². The number of guanidine groups is 1. The fraction of sp³-hybridized carbons (Fsp3) is 0.796. The summed E-state index contributed by atoms with van der Waals surface area (Å²) in [5.41, 5.74) is 28.6. The highest BCUT2D eigenvalue weighted by Crippen LogP contribution is 2.21. The molecule has 0 aromatic heterocycles. The van der Waals surface area contributed by atoms with Crippen molar-refractivity contribution in [3.63, 3.8) is 0 Å². The van der Waals surface area contributed by atoms with Crippen molar-refractivity contribution >= 4 is 76.9 Å². The van der Waals surface area contributed by atoms with Crippen LogP contribution in [0.2, 0.25) is 0 Å². The lowest BCUT2D eigenvalue weighted by Crippen LogP contribution is -2.61. The number of carbonyl (C=O) groups excluding carboxylic acids is 9. The zero-order chi connectivity index (χ0) is 62.2. The second kappa shape index (κ2) is 39.6. The fourth-order valence-corrected chi connectivity index (χ4v) is 9.59. The summed E-state index contributed by atoms with van der Waals surface area (Å²) in [6.45, 7) is 14.3. The molecule has 0 radical (unpaired) electrons. The molecule has 0 spiro atoms. The zero-order valence-corrected chi connectivity index (χ0v) is 50.7. The number of carboxylic acid groups (broad SMARTS) is 1. The minimum atomic E-state index is -1.52. The first kappa shape index (κ1) is 74.2. The highest BCUT2D eigenvalue weighted by molar-refractivity contribution is 7.98. The highest BCUT2D eigenvalue weighted by Gasteiger charge is 2.41. The second-order valence-corrected chi connectivity index (χ2v) is 23.3. The van der Waals surface area contributed by atoms with Crippen LogP contribution in [0.15, 0.2) is 4.99 Å². The minimum Gasteiger partial charge on any atom is -0.480 e. The van der Waals surface area contributed by atoms with Crippen LogP contribution in [0.25, 0.3) is 0 Å². The number of likely N-dealkylation sites (tertiary alicyclic amines) is 1. The molecule has 1 fully saturated rings. The largest absolute Gasteiger partial charge is 0.480 e. The van der Waals surface area contributed by atoms with E-state index < -0.39 is 132 Å². The average Bonchev–Trinajstić information content (AvgIpc) is 3.94. The molecule has 0 saturated carbocycles. The number of aliphatic imine (C=N–C) groups is 1. The first-order chi connectivity index (χ1) is 38.7. The number of hydrogen-bond acceptors (Lipinski definition) is 16. The maximum atomic E-state index is 14.4. The van der Waals surface area contributed by atoms with E-state index in [4.69, 9.17) is 28.7 Å². The Balaban J connectivity index is 3.49. The van der Waals surface area contributed by atoms with Gasteiger partial charge >= 0.3 is 5.97 Å². The van der Waals surface area contributed by atoms with Gasteiger partial charge in [-0.2, -0.15) is 11.8 Å². The van der Waals surface area contributed by atoms with Gasteiger partial charge in [-0.1, -0.05) is 61.8 Å². The molecule has 1 aliphatic heterocycles. The number of aliphatic hydroxyl groups is 1. The Labute approximate surface area is 488 Å². The summed E-state index contributed by atoms with van der Waals surface area (Å²) in [6, 6.07) is -11.9. The number of aliphatic carboxylic acids is 1. The van der Waals surface area contributed by atoms with Crippen LogP contribution in [-0.4, -0.2) is 185 Å². The van der Waals surface area contributed by atoms with Crippen molar-refractivity contribution < 1.29 is 58.2 Å². The predicted octanol–water partition coefficient (Wildman–Crippen LogP) is -1.88. The quantitative estimate of drug-likeness (QED) is 0.0181. The van der Waals surface area contributed by atoms with Gasteiger partial charge in [0.2, 0.25) is 53.2 Å². The van der Waals surface area contributed by atoms with E-state index >= 15 is 0 Å². The van der Waals surface area contributed by atoms with Gasteiger partial charge in [0, 0.05) is 13.1 Å². The molecule has 1 rings (SSSR count). The molecule has 1 heterocycles. The van der Waals surface area contributed by atoms with E-state index in [-0.39, 0.29) is 94.8 Å². The van der Waals surface area contributed by atoms with Gasteiger partial charge in [0.25, 0.3) is 0 Å². The Morgan fingerprint density at radius 1 is 0.598 bits per heavy atom. The van der Waals surface area contributed by atoms with E-state index in [0.717, 1.165) is 0 Å². The Morgan fingerprint density at radius 3 is 1.52 bits per heavy atom. The number of amides is 9. The fourth-order valence-electron chi connectivity index (χ4n) is 9.12. The third kappa shape index (κ3) is 27.0. The SMILES string of the molecule is CCC(C)C(NC(=O)C(N)CCCN=C(N)N)C(=O)NC(CC(C)C)C(=O)NC(CC(C)C)C(=O)NC(CCCCN)C(=O)NC(CCCCN)C(=O)NC(CCSC)C(=O)N1CCCC1C(=O)NC(CO)C(=O)NC(C(=O)O)C(C)C. The molecule has 27 nitrogen and oxygen atoms in total. The van der Waals surface area contributed by atoms with E-state index in [1.165, 1.54) is 16.7 Å². The first-order valence-corrected chi connectivity index (χ1v) is 30.3. The molecule has 28 heteroatoms. The maximum absolute atomic E-state index is 14.4. The Morgan fingerprint density at radius 2 is 1.07 bits per heavy atom. The summed E-state index contributed by atoms with van der Waals surface area (Å²) >= 11 is 1.41. The van der Waals surface area contributed by atoms with Crippen LogP contribution < -0.4 is 71.2 Å². The smallest absolute Gasteiger partial charge is 0.326 e. The maximum Gasteiger partial charge on any atom is 0.326 e. The van der Waals surface area contributed by atoms with Gasteiger partial charge in [0.1, 0.15) is 54.4 Å². The Hall–Kier alpha value is -5.84. The Kier molecular flexibility index (Phi) is 35.8. The van der Waals surface area contributed by atoms with E-state index in [0.29, 0.717) is 50.7 Å². The molecule has 1 saturated heterocycles. The van der Waals surface area contributed by atoms with E-state index in [1.54, 1.807) is 20.8 Å². The van der Waals surface area contributed by atoms with E-state index in [9.17, 15) is 58.2 Å². The number of nitrogens with zero attached hydrogens (tertiary/aromatic N) is 2. The number of thioether (sulfide) groups is 1. The van der Waals surface area contributed by atoms with Gasteiger partial charge in [0.05, 0.1) is 12.6 Å². The van der Waals surface area contributed by atoms with Crippen LogP contribution in [0.1, 0.15) is 145 Å². The van der Waals surface area contributed by atoms with Crippen LogP contribution in [0.4, 0.5) is 0 Å². The number of nitrogens with two attached hydrogens (primary N) is 5. The zero-order valence-electron chi connectivity index (χ0n) is 49.9. The molecular formula is C54H101N15O12S. The van der Waals surface area contributed by atoms with Crippen molar-refractivity contribution in [2.45, 2.75) is 206 Å². The van der Waals surface area contributed by atoms with Gasteiger partial charge in [0.15, 0.2) is 5.96 Å². The van der Waals surface area contributed by atoms with Crippen molar-refractivity contribution in [1.29, 1.82) is 0 Å². The molecule has 82 heavy (non-hydrogen) atoms. The molecule has 470 valence electrons. The summed E-state index contributed by atoms with van der Waals surface area (Å²) < 4.78 is 0. The van der Waals surface area contributed by atoms with Crippen molar-refractivity contribution in [3.05, 3.63) is 0 Å². The lowest BCUT2D eigenvalue weighted by Gasteiger charge is -2.31. The molecule has 9 amide bonds.